The molecule has 2 rings (SSSR count). The second-order valence-corrected chi connectivity index (χ2v) is 4.01. The minimum atomic E-state index is -0.852. The van der Waals surface area contributed by atoms with E-state index in [2.05, 4.69) is 15.3 Å². The molecule has 0 aliphatic heterocycles. The minimum Gasteiger partial charge on any atom is -0.561 e. The average molecular weight is 285 g/mol. The number of pyridine rings is 1. The Kier molecular flexibility index (Phi) is 4.25. The molecule has 0 atom stereocenters. The molecule has 1 aromatic carbocycles. The summed E-state index contributed by atoms with van der Waals surface area (Å²) in [5.74, 6) is -0.817. The summed E-state index contributed by atoms with van der Waals surface area (Å²) in [5, 5.41) is 9.67. The van der Waals surface area contributed by atoms with Crippen LogP contribution in [0.3, 0.4) is 0 Å². The van der Waals surface area contributed by atoms with Crippen LogP contribution in [0.1, 0.15) is 16.1 Å². The largest absolute Gasteiger partial charge is 0.561 e. The van der Waals surface area contributed by atoms with Crippen molar-refractivity contribution in [1.82, 2.24) is 4.98 Å². The van der Waals surface area contributed by atoms with Gasteiger partial charge >= 0.3 is 5.97 Å². The van der Waals surface area contributed by atoms with Gasteiger partial charge in [-0.3, -0.25) is 9.78 Å². The normalized spacial score (nSPS) is 11.0. The van der Waals surface area contributed by atoms with E-state index in [0.717, 1.165) is 0 Å². The number of aliphatic imine (C=N–C) groups is 1. The maximum Gasteiger partial charge on any atom is 0.551 e. The number of para-hydroxylation sites is 1. The maximum atomic E-state index is 11.2. The number of carbonyl (C=O) groups excluding carboxylic acids is 2. The first kappa shape index (κ1) is 14.2. The van der Waals surface area contributed by atoms with Crippen molar-refractivity contribution in [2.24, 2.45) is 10.7 Å². The van der Waals surface area contributed by atoms with Crippen LogP contribution >= 0.6 is 0 Å². The van der Waals surface area contributed by atoms with Gasteiger partial charge in [0, 0.05) is 11.0 Å². The van der Waals surface area contributed by atoms with Gasteiger partial charge in [-0.1, -0.05) is 12.1 Å². The van der Waals surface area contributed by atoms with Crippen molar-refractivity contribution in [2.45, 2.75) is 0 Å². The summed E-state index contributed by atoms with van der Waals surface area (Å²) < 4.78 is 0. The molecule has 1 amide bonds. The molecule has 0 unspecified atom stereocenters. The Morgan fingerprint density at radius 2 is 2.05 bits per heavy atom. The number of anilines is 1. The molecule has 0 saturated heterocycles. The van der Waals surface area contributed by atoms with Crippen molar-refractivity contribution >= 4 is 29.6 Å². The smallest absolute Gasteiger partial charge is 0.551 e. The summed E-state index contributed by atoms with van der Waals surface area (Å²) in [7, 11) is 0. The van der Waals surface area contributed by atoms with Gasteiger partial charge < -0.3 is 16.2 Å². The highest BCUT2D eigenvalue weighted by atomic mass is 16.4. The lowest BCUT2D eigenvalue weighted by atomic mass is 10.2. The number of benzene rings is 1. The Labute approximate surface area is 120 Å². The number of amidine groups is 1. The van der Waals surface area contributed by atoms with Crippen molar-refractivity contribution in [3.63, 3.8) is 0 Å². The molecule has 1 aromatic heterocycles. The Morgan fingerprint density at radius 1 is 1.29 bits per heavy atom. The highest BCUT2D eigenvalue weighted by molar-refractivity contribution is 6.04. The molecule has 7 heteroatoms. The SMILES string of the molecule is NC(=Nc1ccccc1C(=O)[OH2+])c1ncccc1NC=O. The molecule has 0 fully saturated rings. The molecule has 106 valence electrons. The van der Waals surface area contributed by atoms with Crippen molar-refractivity contribution < 1.29 is 14.7 Å². The zero-order chi connectivity index (χ0) is 15.2. The second kappa shape index (κ2) is 6.29. The van der Waals surface area contributed by atoms with Crippen LogP contribution in [0.25, 0.3) is 0 Å². The minimum absolute atomic E-state index is 0.0358. The monoisotopic (exact) mass is 285 g/mol. The van der Waals surface area contributed by atoms with Gasteiger partial charge in [-0.25, -0.2) is 4.99 Å². The van der Waals surface area contributed by atoms with Crippen molar-refractivity contribution in [1.29, 1.82) is 0 Å². The topological polar surface area (TPSA) is 120 Å². The van der Waals surface area contributed by atoms with Crippen LogP contribution in [0.5, 0.6) is 0 Å². The summed E-state index contributed by atoms with van der Waals surface area (Å²) in [6.45, 7) is 0. The predicted octanol–water partition coefficient (Wildman–Crippen LogP) is 0.552. The molecule has 1 heterocycles. The fraction of sp³-hybridized carbons (Fsp3) is 0. The molecule has 0 aliphatic rings. The lowest BCUT2D eigenvalue weighted by Crippen LogP contribution is -2.17. The first-order valence-corrected chi connectivity index (χ1v) is 5.98. The van der Waals surface area contributed by atoms with E-state index in [1.54, 1.807) is 30.3 Å². The zero-order valence-electron chi connectivity index (χ0n) is 10.9. The van der Waals surface area contributed by atoms with Crippen LogP contribution in [-0.2, 0) is 4.79 Å². The second-order valence-electron chi connectivity index (χ2n) is 4.01. The zero-order valence-corrected chi connectivity index (χ0v) is 10.9. The van der Waals surface area contributed by atoms with E-state index in [0.29, 0.717) is 12.1 Å². The Morgan fingerprint density at radius 3 is 2.76 bits per heavy atom. The van der Waals surface area contributed by atoms with Crippen molar-refractivity contribution in [2.75, 3.05) is 5.32 Å². The number of hydrogen-bond donors (Lipinski definition) is 2. The average Bonchev–Trinajstić information content (AvgIpc) is 2.48. The summed E-state index contributed by atoms with van der Waals surface area (Å²) in [6, 6.07) is 9.65. The molecule has 7 nitrogen and oxygen atoms in total. The van der Waals surface area contributed by atoms with Gasteiger partial charge in [0.15, 0.2) is 5.84 Å². The summed E-state index contributed by atoms with van der Waals surface area (Å²) in [5.41, 5.74) is 7.00. The van der Waals surface area contributed by atoms with Crippen LogP contribution in [0.4, 0.5) is 11.4 Å². The fourth-order valence-corrected chi connectivity index (χ4v) is 1.74. The predicted molar refractivity (Wildman–Crippen MR) is 78.7 cm³/mol. The molecule has 0 bridgehead atoms. The molecule has 21 heavy (non-hydrogen) atoms. The molecule has 0 spiro atoms. The number of carbonyl (C=O) groups is 2. The van der Waals surface area contributed by atoms with E-state index in [-0.39, 0.29) is 22.8 Å². The molecule has 5 N–H and O–H groups in total. The van der Waals surface area contributed by atoms with Gasteiger partial charge in [0.2, 0.25) is 6.41 Å². The van der Waals surface area contributed by atoms with Crippen molar-refractivity contribution in [3.8, 4) is 0 Å². The maximum absolute atomic E-state index is 11.2. The van der Waals surface area contributed by atoms with E-state index in [1.165, 1.54) is 12.3 Å². The standard InChI is InChI=1S/C14H12N4O3/c15-13(12-11(17-8-19)6-3-7-16-12)18-10-5-2-1-4-9(10)14(20)21/h1-8H,(H2,15,18)(H,17,19)(H,20,21)/p+1. The van der Waals surface area contributed by atoms with E-state index in [1.807, 2.05) is 0 Å². The number of amides is 1. The number of nitrogens with zero attached hydrogens (tertiary/aromatic N) is 2. The number of hydrogen-bond acceptors (Lipinski definition) is 4. The van der Waals surface area contributed by atoms with Crippen LogP contribution in [-0.4, -0.2) is 28.3 Å². The van der Waals surface area contributed by atoms with Crippen LogP contribution in [0.2, 0.25) is 0 Å². The highest BCUT2D eigenvalue weighted by Gasteiger charge is 2.16. The third-order valence-electron chi connectivity index (χ3n) is 2.65. The van der Waals surface area contributed by atoms with Gasteiger partial charge in [-0.15, -0.1) is 0 Å². The quantitative estimate of drug-likeness (QED) is 0.360. The summed E-state index contributed by atoms with van der Waals surface area (Å²) in [6.07, 6.45) is 2.02. The van der Waals surface area contributed by atoms with Gasteiger partial charge in [-0.05, 0) is 24.3 Å². The third kappa shape index (κ3) is 3.21. The van der Waals surface area contributed by atoms with E-state index in [4.69, 9.17) is 10.8 Å². The summed E-state index contributed by atoms with van der Waals surface area (Å²) in [4.78, 5) is 30.0. The molecular formula is C14H13N4O3+. The lowest BCUT2D eigenvalue weighted by Gasteiger charge is -2.06. The molecule has 0 radical (unpaired) electrons. The van der Waals surface area contributed by atoms with Gasteiger partial charge in [-0.2, -0.15) is 0 Å². The van der Waals surface area contributed by atoms with Crippen LogP contribution in [0, 0.1) is 0 Å². The molecule has 0 saturated carbocycles. The van der Waals surface area contributed by atoms with E-state index < -0.39 is 5.97 Å². The highest BCUT2D eigenvalue weighted by Crippen LogP contribution is 2.20. The third-order valence-corrected chi connectivity index (χ3v) is 2.65. The lowest BCUT2D eigenvalue weighted by molar-refractivity contribution is -0.105. The van der Waals surface area contributed by atoms with Gasteiger partial charge in [0.05, 0.1) is 11.4 Å². The van der Waals surface area contributed by atoms with Gasteiger partial charge in [0.1, 0.15) is 11.3 Å². The van der Waals surface area contributed by atoms with Crippen molar-refractivity contribution in [3.05, 3.63) is 53.9 Å². The Balaban J connectivity index is 2.47. The summed E-state index contributed by atoms with van der Waals surface area (Å²) >= 11 is 0. The van der Waals surface area contributed by atoms with Crippen LogP contribution < -0.4 is 11.1 Å². The fourth-order valence-electron chi connectivity index (χ4n) is 1.74. The number of nitrogens with one attached hydrogen (secondary N) is 1. The molecule has 0 aliphatic carbocycles. The molecule has 2 aromatic rings. The number of nitrogens with two attached hydrogens (primary N) is 1. The van der Waals surface area contributed by atoms with Crippen LogP contribution in [0.15, 0.2) is 47.6 Å². The molecular weight excluding hydrogens is 272 g/mol. The van der Waals surface area contributed by atoms with E-state index in [9.17, 15) is 9.59 Å². The van der Waals surface area contributed by atoms with Gasteiger partial charge in [0.25, 0.3) is 0 Å². The Hall–Kier alpha value is -3.22. The number of rotatable bonds is 5. The first-order chi connectivity index (χ1) is 10.1. The van der Waals surface area contributed by atoms with E-state index >= 15 is 0 Å². The first-order valence-electron chi connectivity index (χ1n) is 5.98. The Bertz CT molecular complexity index is 713. The number of aromatic nitrogens is 1.